The maximum absolute atomic E-state index is 11.8. The lowest BCUT2D eigenvalue weighted by Gasteiger charge is -2.17. The number of carbonyl (C=O) groups excluding carboxylic acids is 1. The van der Waals surface area contributed by atoms with Crippen LogP contribution in [0.1, 0.15) is 27.2 Å². The lowest BCUT2D eigenvalue weighted by molar-refractivity contribution is -0.142. The van der Waals surface area contributed by atoms with Gasteiger partial charge in [-0.1, -0.05) is 38.5 Å². The number of rotatable bonds is 5. The molecule has 1 unspecified atom stereocenters. The zero-order valence-corrected chi connectivity index (χ0v) is 13.8. The van der Waals surface area contributed by atoms with Gasteiger partial charge in [0.2, 0.25) is 0 Å². The highest BCUT2D eigenvalue weighted by molar-refractivity contribution is 7.84. The molecule has 114 valence electrons. The van der Waals surface area contributed by atoms with Crippen LogP contribution in [0.5, 0.6) is 5.75 Å². The molecule has 0 radical (unpaired) electrons. The van der Waals surface area contributed by atoms with E-state index in [0.29, 0.717) is 5.75 Å². The van der Waals surface area contributed by atoms with Gasteiger partial charge in [0.1, 0.15) is 11.8 Å². The van der Waals surface area contributed by atoms with Crippen molar-refractivity contribution in [3.05, 3.63) is 30.3 Å². The van der Waals surface area contributed by atoms with E-state index in [1.165, 1.54) is 20.5 Å². The van der Waals surface area contributed by atoms with Crippen molar-refractivity contribution in [2.75, 3.05) is 7.11 Å². The molecule has 0 spiro atoms. The molecule has 1 rings (SSSR count). The van der Waals surface area contributed by atoms with E-state index in [0.717, 1.165) is 0 Å². The third-order valence-electron chi connectivity index (χ3n) is 1.87. The highest BCUT2D eigenvalue weighted by Gasteiger charge is 2.27. The quantitative estimate of drug-likeness (QED) is 0.656. The molecule has 1 aromatic rings. The Morgan fingerprint density at radius 3 is 2.30 bits per heavy atom. The Bertz CT molecular complexity index is 441. The second-order valence-electron chi connectivity index (χ2n) is 3.97. The van der Waals surface area contributed by atoms with Crippen LogP contribution in [0.15, 0.2) is 30.3 Å². The van der Waals surface area contributed by atoms with E-state index in [9.17, 15) is 9.36 Å². The van der Waals surface area contributed by atoms with Gasteiger partial charge in [-0.2, -0.15) is 0 Å². The van der Waals surface area contributed by atoms with E-state index < -0.39 is 18.9 Å². The molecular formula is C13H21ClNO4P. The molecule has 0 amide bonds. The Morgan fingerprint density at radius 2 is 1.85 bits per heavy atom. The molecule has 0 bridgehead atoms. The average Bonchev–Trinajstić information content (AvgIpc) is 2.38. The summed E-state index contributed by atoms with van der Waals surface area (Å²) in [5, 5.41) is 2.38. The highest BCUT2D eigenvalue weighted by Crippen LogP contribution is 2.48. The Morgan fingerprint density at radius 1 is 1.35 bits per heavy atom. The number of carbonyl (C=O) groups is 1. The first kappa shape index (κ1) is 19.0. The monoisotopic (exact) mass is 321 g/mol. The van der Waals surface area contributed by atoms with Crippen LogP contribution in [0.4, 0.5) is 0 Å². The largest absolute Gasteiger partial charge is 0.468 e. The molecule has 7 heteroatoms. The van der Waals surface area contributed by atoms with Crippen LogP contribution in [-0.2, 0) is 14.1 Å². The molecule has 0 aromatic heterocycles. The minimum Gasteiger partial charge on any atom is -0.468 e. The number of esters is 1. The van der Waals surface area contributed by atoms with Gasteiger partial charge < -0.3 is 9.26 Å². The fraction of sp³-hybridized carbons (Fsp3) is 0.462. The van der Waals surface area contributed by atoms with Crippen molar-refractivity contribution in [1.82, 2.24) is 5.09 Å². The smallest absolute Gasteiger partial charge is 0.409 e. The standard InChI is InChI=1S/C10H13ClNO4P.C3H8/c1-8(10(13)15-2)12-17(11,14)16-9-6-4-3-5-7-9;1-3-2/h3-8H,1-2H3,(H,12,14);3H2,1-2H3/t8-,17?;/m1./s1. The summed E-state index contributed by atoms with van der Waals surface area (Å²) in [4.78, 5) is 11.1. The molecule has 5 nitrogen and oxygen atoms in total. The molecule has 0 aliphatic carbocycles. The first-order valence-electron chi connectivity index (χ1n) is 6.26. The predicted molar refractivity (Wildman–Crippen MR) is 81.1 cm³/mol. The molecule has 0 saturated carbocycles. The van der Waals surface area contributed by atoms with Crippen molar-refractivity contribution in [2.24, 2.45) is 0 Å². The van der Waals surface area contributed by atoms with Crippen LogP contribution < -0.4 is 9.61 Å². The first-order valence-corrected chi connectivity index (χ1v) is 8.79. The van der Waals surface area contributed by atoms with Gasteiger partial charge in [-0.25, -0.2) is 9.65 Å². The van der Waals surface area contributed by atoms with Gasteiger partial charge in [-0.3, -0.25) is 4.79 Å². The molecule has 0 aliphatic rings. The summed E-state index contributed by atoms with van der Waals surface area (Å²) in [5.41, 5.74) is 0. The second-order valence-corrected chi connectivity index (χ2v) is 6.70. The van der Waals surface area contributed by atoms with Crippen LogP contribution in [-0.4, -0.2) is 19.1 Å². The maximum Gasteiger partial charge on any atom is 0.409 e. The van der Waals surface area contributed by atoms with Gasteiger partial charge in [0.25, 0.3) is 0 Å². The summed E-state index contributed by atoms with van der Waals surface area (Å²) < 4.78 is 21.4. The summed E-state index contributed by atoms with van der Waals surface area (Å²) >= 11 is 5.68. The number of hydrogen-bond acceptors (Lipinski definition) is 4. The Labute approximate surface area is 124 Å². The van der Waals surface area contributed by atoms with E-state index in [1.54, 1.807) is 30.3 Å². The molecule has 2 atom stereocenters. The predicted octanol–water partition coefficient (Wildman–Crippen LogP) is 3.98. The van der Waals surface area contributed by atoms with Gasteiger partial charge in [-0.15, -0.1) is 0 Å². The zero-order chi connectivity index (χ0) is 15.6. The van der Waals surface area contributed by atoms with Crippen molar-refractivity contribution in [3.8, 4) is 5.75 Å². The van der Waals surface area contributed by atoms with Gasteiger partial charge >= 0.3 is 12.8 Å². The van der Waals surface area contributed by atoms with Gasteiger partial charge in [0.05, 0.1) is 7.11 Å². The summed E-state index contributed by atoms with van der Waals surface area (Å²) in [6.45, 7) is 2.12. The molecule has 1 N–H and O–H groups in total. The van der Waals surface area contributed by atoms with Crippen LogP contribution in [0.3, 0.4) is 0 Å². The zero-order valence-electron chi connectivity index (χ0n) is 12.1. The van der Waals surface area contributed by atoms with Crippen LogP contribution >= 0.6 is 18.1 Å². The van der Waals surface area contributed by atoms with Gasteiger partial charge in [0.15, 0.2) is 0 Å². The lowest BCUT2D eigenvalue weighted by atomic mass is 10.3. The van der Waals surface area contributed by atoms with E-state index in [4.69, 9.17) is 15.8 Å². The summed E-state index contributed by atoms with van der Waals surface area (Å²) in [6.07, 6.45) is 1.25. The summed E-state index contributed by atoms with van der Waals surface area (Å²) in [7, 11) is 1.23. The minimum atomic E-state index is -3.62. The topological polar surface area (TPSA) is 64.6 Å². The van der Waals surface area contributed by atoms with E-state index >= 15 is 0 Å². The minimum absolute atomic E-state index is 0.357. The van der Waals surface area contributed by atoms with Crippen molar-refractivity contribution < 1.29 is 18.6 Å². The number of para-hydroxylation sites is 1. The van der Waals surface area contributed by atoms with Crippen molar-refractivity contribution >= 4 is 24.1 Å². The average molecular weight is 322 g/mol. The van der Waals surface area contributed by atoms with Crippen LogP contribution in [0.2, 0.25) is 0 Å². The third kappa shape index (κ3) is 8.20. The molecule has 0 aliphatic heterocycles. The van der Waals surface area contributed by atoms with Crippen LogP contribution in [0, 0.1) is 0 Å². The molecule has 20 heavy (non-hydrogen) atoms. The van der Waals surface area contributed by atoms with Gasteiger partial charge in [-0.05, 0) is 19.1 Å². The van der Waals surface area contributed by atoms with Gasteiger partial charge in [0, 0.05) is 11.2 Å². The number of halogens is 1. The first-order chi connectivity index (χ1) is 9.36. The molecule has 0 saturated heterocycles. The maximum atomic E-state index is 11.8. The van der Waals surface area contributed by atoms with E-state index in [-0.39, 0.29) is 0 Å². The number of methoxy groups -OCH3 is 1. The Hall–Kier alpha value is -1.03. The lowest BCUT2D eigenvalue weighted by Crippen LogP contribution is -2.32. The normalized spacial score (nSPS) is 14.2. The Kier molecular flexibility index (Phi) is 9.30. The molecule has 0 heterocycles. The Balaban J connectivity index is 0.00000110. The highest BCUT2D eigenvalue weighted by atomic mass is 35.7. The number of nitrogens with one attached hydrogen (secondary N) is 1. The molecule has 0 fully saturated rings. The second kappa shape index (κ2) is 9.81. The van der Waals surface area contributed by atoms with Crippen molar-refractivity contribution in [3.63, 3.8) is 0 Å². The summed E-state index contributed by atoms with van der Waals surface area (Å²) in [5.74, 6) is -0.210. The summed E-state index contributed by atoms with van der Waals surface area (Å²) in [6, 6.07) is 7.63. The van der Waals surface area contributed by atoms with Crippen LogP contribution in [0.25, 0.3) is 0 Å². The molecular weight excluding hydrogens is 301 g/mol. The fourth-order valence-electron chi connectivity index (χ4n) is 1.10. The third-order valence-corrected chi connectivity index (χ3v) is 3.51. The van der Waals surface area contributed by atoms with Crippen molar-refractivity contribution in [1.29, 1.82) is 0 Å². The fourth-order valence-corrected chi connectivity index (χ4v) is 2.80. The number of hydrogen-bond donors (Lipinski definition) is 1. The van der Waals surface area contributed by atoms with Crippen molar-refractivity contribution in [2.45, 2.75) is 33.2 Å². The molecule has 1 aromatic carbocycles. The van der Waals surface area contributed by atoms with E-state index in [2.05, 4.69) is 23.7 Å². The number of ether oxygens (including phenoxy) is 1. The number of benzene rings is 1. The van der Waals surface area contributed by atoms with E-state index in [1.807, 2.05) is 0 Å². The SMILES string of the molecule is CCC.COC(=O)[C@@H](C)NP(=O)(Cl)Oc1ccccc1.